The summed E-state index contributed by atoms with van der Waals surface area (Å²) in [5.41, 5.74) is -0.367. The number of nitrogens with one attached hydrogen (secondary N) is 1. The Morgan fingerprint density at radius 1 is 1.53 bits per heavy atom. The van der Waals surface area contributed by atoms with Crippen molar-refractivity contribution in [3.8, 4) is 0 Å². The Morgan fingerprint density at radius 2 is 2.26 bits per heavy atom. The molecule has 0 aromatic carbocycles. The molecule has 2 N–H and O–H groups in total. The lowest BCUT2D eigenvalue weighted by Crippen LogP contribution is -2.61. The average Bonchev–Trinajstić information content (AvgIpc) is 2.37. The number of aryl methyl sites for hydroxylation is 1. The maximum Gasteiger partial charge on any atom is 0.250 e. The highest BCUT2D eigenvalue weighted by molar-refractivity contribution is 5.76. The molecule has 104 valence electrons. The average molecular weight is 264 g/mol. The van der Waals surface area contributed by atoms with E-state index in [1.807, 2.05) is 13.8 Å². The van der Waals surface area contributed by atoms with Crippen LogP contribution in [0.25, 0.3) is 0 Å². The van der Waals surface area contributed by atoms with Gasteiger partial charge < -0.3 is 15.0 Å². The molecule has 1 fully saturated rings. The summed E-state index contributed by atoms with van der Waals surface area (Å²) in [6.45, 7) is 4.25. The van der Waals surface area contributed by atoms with E-state index in [-0.39, 0.29) is 35.4 Å². The van der Waals surface area contributed by atoms with Gasteiger partial charge >= 0.3 is 0 Å². The molecule has 0 spiro atoms. The van der Waals surface area contributed by atoms with E-state index in [0.29, 0.717) is 13.0 Å². The normalized spacial score (nSPS) is 24.6. The fourth-order valence-electron chi connectivity index (χ4n) is 2.28. The number of rotatable bonds is 4. The summed E-state index contributed by atoms with van der Waals surface area (Å²) in [5, 5.41) is 12.5. The first-order valence-electron chi connectivity index (χ1n) is 6.54. The summed E-state index contributed by atoms with van der Waals surface area (Å²) < 4.78 is 1.51. The number of amides is 1. The minimum absolute atomic E-state index is 0.0162. The zero-order valence-corrected chi connectivity index (χ0v) is 11.3. The number of carbonyl (C=O) groups excluding carboxylic acids is 1. The van der Waals surface area contributed by atoms with E-state index in [9.17, 15) is 14.7 Å². The minimum atomic E-state index is -0.352. The second-order valence-corrected chi connectivity index (χ2v) is 5.68. The van der Waals surface area contributed by atoms with Crippen molar-refractivity contribution in [2.75, 3.05) is 0 Å². The van der Waals surface area contributed by atoms with Crippen LogP contribution in [-0.2, 0) is 11.3 Å². The Morgan fingerprint density at radius 3 is 2.84 bits per heavy atom. The lowest BCUT2D eigenvalue weighted by atomic mass is 9.64. The van der Waals surface area contributed by atoms with Crippen molar-refractivity contribution >= 4 is 5.91 Å². The zero-order chi connectivity index (χ0) is 14.0. The van der Waals surface area contributed by atoms with Crippen LogP contribution < -0.4 is 10.9 Å². The first kappa shape index (κ1) is 13.8. The van der Waals surface area contributed by atoms with E-state index in [4.69, 9.17) is 0 Å². The van der Waals surface area contributed by atoms with Gasteiger partial charge in [-0.15, -0.1) is 0 Å². The molecule has 5 heteroatoms. The van der Waals surface area contributed by atoms with Crippen molar-refractivity contribution in [1.82, 2.24) is 9.88 Å². The van der Waals surface area contributed by atoms with Crippen LogP contribution in [0.4, 0.5) is 0 Å². The van der Waals surface area contributed by atoms with Crippen LogP contribution in [0.5, 0.6) is 0 Å². The molecule has 5 nitrogen and oxygen atoms in total. The number of nitrogens with zero attached hydrogens (tertiary/aromatic N) is 1. The molecule has 2 unspecified atom stereocenters. The van der Waals surface area contributed by atoms with Crippen LogP contribution in [0.2, 0.25) is 0 Å². The van der Waals surface area contributed by atoms with Gasteiger partial charge in [-0.2, -0.15) is 0 Å². The van der Waals surface area contributed by atoms with Crippen LogP contribution in [0.3, 0.4) is 0 Å². The fourth-order valence-corrected chi connectivity index (χ4v) is 2.28. The molecule has 0 saturated heterocycles. The first-order chi connectivity index (χ1) is 8.91. The van der Waals surface area contributed by atoms with Crippen molar-refractivity contribution < 1.29 is 9.90 Å². The summed E-state index contributed by atoms with van der Waals surface area (Å²) in [7, 11) is 0. The van der Waals surface area contributed by atoms with Crippen LogP contribution in [0, 0.1) is 5.41 Å². The fraction of sp³-hybridized carbons (Fsp3) is 0.571. The third-order valence-electron chi connectivity index (χ3n) is 4.03. The maximum absolute atomic E-state index is 11.8. The molecule has 0 aliphatic heterocycles. The summed E-state index contributed by atoms with van der Waals surface area (Å²) >= 11 is 0. The topological polar surface area (TPSA) is 71.3 Å². The number of aromatic nitrogens is 1. The van der Waals surface area contributed by atoms with Crippen LogP contribution >= 0.6 is 0 Å². The Labute approximate surface area is 112 Å². The highest BCUT2D eigenvalue weighted by Gasteiger charge is 2.47. The molecule has 1 aromatic heterocycles. The molecule has 0 radical (unpaired) electrons. The number of hydrogen-bond acceptors (Lipinski definition) is 3. The van der Waals surface area contributed by atoms with Crippen molar-refractivity contribution in [2.45, 2.75) is 45.4 Å². The van der Waals surface area contributed by atoms with Gasteiger partial charge in [-0.25, -0.2) is 0 Å². The molecule has 2 rings (SSSR count). The molecular formula is C14H20N2O3. The van der Waals surface area contributed by atoms with E-state index in [1.165, 1.54) is 10.6 Å². The van der Waals surface area contributed by atoms with E-state index in [0.717, 1.165) is 0 Å². The van der Waals surface area contributed by atoms with E-state index < -0.39 is 0 Å². The van der Waals surface area contributed by atoms with Crippen molar-refractivity contribution in [3.05, 3.63) is 34.7 Å². The van der Waals surface area contributed by atoms with Gasteiger partial charge in [0.25, 0.3) is 5.56 Å². The van der Waals surface area contributed by atoms with Gasteiger partial charge in [-0.1, -0.05) is 19.9 Å². The van der Waals surface area contributed by atoms with Crippen LogP contribution in [0.1, 0.15) is 26.7 Å². The molecule has 2 atom stereocenters. The van der Waals surface area contributed by atoms with Gasteiger partial charge in [-0.3, -0.25) is 9.59 Å². The Balaban J connectivity index is 1.83. The standard InChI is InChI=1S/C14H20N2O3/c1-14(2)10(9-11(14)17)15-12(18)6-8-16-7-4-3-5-13(16)19/h3-5,7,10-11,17H,6,8-9H2,1-2H3,(H,15,18). The number of pyridine rings is 1. The second-order valence-electron chi connectivity index (χ2n) is 5.68. The van der Waals surface area contributed by atoms with E-state index in [2.05, 4.69) is 5.32 Å². The molecule has 19 heavy (non-hydrogen) atoms. The Bertz CT molecular complexity index is 521. The largest absolute Gasteiger partial charge is 0.392 e. The third kappa shape index (κ3) is 2.87. The second kappa shape index (κ2) is 5.17. The van der Waals surface area contributed by atoms with Crippen molar-refractivity contribution in [1.29, 1.82) is 0 Å². The van der Waals surface area contributed by atoms with Gasteiger partial charge in [0, 0.05) is 36.7 Å². The quantitative estimate of drug-likeness (QED) is 0.832. The van der Waals surface area contributed by atoms with Crippen molar-refractivity contribution in [2.24, 2.45) is 5.41 Å². The number of aliphatic hydroxyl groups excluding tert-OH is 1. The summed E-state index contributed by atoms with van der Waals surface area (Å²) in [6, 6.07) is 4.94. The summed E-state index contributed by atoms with van der Waals surface area (Å²) in [5.74, 6) is -0.0827. The van der Waals surface area contributed by atoms with Crippen molar-refractivity contribution in [3.63, 3.8) is 0 Å². The lowest BCUT2D eigenvalue weighted by Gasteiger charge is -2.49. The maximum atomic E-state index is 11.8. The number of carbonyl (C=O) groups is 1. The Hall–Kier alpha value is -1.62. The van der Waals surface area contributed by atoms with E-state index >= 15 is 0 Å². The molecular weight excluding hydrogens is 244 g/mol. The first-order valence-corrected chi connectivity index (χ1v) is 6.54. The van der Waals surface area contributed by atoms with Gasteiger partial charge in [-0.05, 0) is 12.5 Å². The van der Waals surface area contributed by atoms with Gasteiger partial charge in [0.1, 0.15) is 0 Å². The van der Waals surface area contributed by atoms with Gasteiger partial charge in [0.2, 0.25) is 5.91 Å². The molecule has 1 heterocycles. The predicted octanol–water partition coefficient (Wildman–Crippen LogP) is 0.514. The summed E-state index contributed by atoms with van der Waals surface area (Å²) in [4.78, 5) is 23.3. The van der Waals surface area contributed by atoms with Crippen LogP contribution in [0.15, 0.2) is 29.2 Å². The Kier molecular flexibility index (Phi) is 3.75. The molecule has 1 aliphatic rings. The third-order valence-corrected chi connectivity index (χ3v) is 4.03. The molecule has 1 saturated carbocycles. The highest BCUT2D eigenvalue weighted by Crippen LogP contribution is 2.40. The van der Waals surface area contributed by atoms with E-state index in [1.54, 1.807) is 18.3 Å². The number of hydrogen-bond donors (Lipinski definition) is 2. The highest BCUT2D eigenvalue weighted by atomic mass is 16.3. The zero-order valence-electron chi connectivity index (χ0n) is 11.3. The predicted molar refractivity (Wildman–Crippen MR) is 71.7 cm³/mol. The van der Waals surface area contributed by atoms with Crippen LogP contribution in [-0.4, -0.2) is 27.7 Å². The van der Waals surface area contributed by atoms with Gasteiger partial charge in [0.15, 0.2) is 0 Å². The molecule has 1 aromatic rings. The monoisotopic (exact) mass is 264 g/mol. The summed E-state index contributed by atoms with van der Waals surface area (Å²) in [6.07, 6.45) is 2.19. The number of aliphatic hydroxyl groups is 1. The SMILES string of the molecule is CC1(C)C(O)CC1NC(=O)CCn1ccccc1=O. The smallest absolute Gasteiger partial charge is 0.250 e. The molecule has 1 amide bonds. The molecule has 1 aliphatic carbocycles. The molecule has 0 bridgehead atoms. The van der Waals surface area contributed by atoms with Gasteiger partial charge in [0.05, 0.1) is 6.10 Å². The minimum Gasteiger partial charge on any atom is -0.392 e. The lowest BCUT2D eigenvalue weighted by molar-refractivity contribution is -0.129.